The van der Waals surface area contributed by atoms with Crippen molar-refractivity contribution in [1.82, 2.24) is 25.0 Å². The van der Waals surface area contributed by atoms with Gasteiger partial charge in [0.05, 0.1) is 11.4 Å². The molecule has 2 aromatic heterocycles. The Balaban J connectivity index is 1.42. The van der Waals surface area contributed by atoms with Gasteiger partial charge in [-0.05, 0) is 44.5 Å². The minimum atomic E-state index is -0.113. The minimum Gasteiger partial charge on any atom is -0.353 e. The third-order valence-electron chi connectivity index (χ3n) is 5.54. The van der Waals surface area contributed by atoms with Crippen LogP contribution in [-0.2, 0) is 7.05 Å². The number of piperidine rings is 1. The molecule has 1 aromatic carbocycles. The van der Waals surface area contributed by atoms with Gasteiger partial charge in [0.15, 0.2) is 5.69 Å². The van der Waals surface area contributed by atoms with Crippen molar-refractivity contribution in [1.29, 1.82) is 0 Å². The SMILES string of the molecule is CC1CCCCN1CCNC(=O)c1cc(-c2cc3ccccc3[nH]2)n(C)n1. The van der Waals surface area contributed by atoms with Crippen LogP contribution in [0.4, 0.5) is 0 Å². The molecule has 142 valence electrons. The van der Waals surface area contributed by atoms with E-state index in [1.165, 1.54) is 19.3 Å². The van der Waals surface area contributed by atoms with Crippen molar-refractivity contribution in [3.8, 4) is 11.4 Å². The molecule has 1 saturated heterocycles. The molecule has 1 unspecified atom stereocenters. The van der Waals surface area contributed by atoms with Crippen LogP contribution in [0.3, 0.4) is 0 Å². The first-order chi connectivity index (χ1) is 13.1. The van der Waals surface area contributed by atoms with Crippen LogP contribution in [0.1, 0.15) is 36.7 Å². The summed E-state index contributed by atoms with van der Waals surface area (Å²) in [5.41, 5.74) is 3.40. The molecule has 1 atom stereocenters. The molecule has 3 heterocycles. The first-order valence-corrected chi connectivity index (χ1v) is 9.76. The summed E-state index contributed by atoms with van der Waals surface area (Å²) in [6, 6.07) is 12.7. The Morgan fingerprint density at radius 3 is 2.96 bits per heavy atom. The van der Waals surface area contributed by atoms with Crippen molar-refractivity contribution >= 4 is 16.8 Å². The number of carbonyl (C=O) groups is 1. The highest BCUT2D eigenvalue weighted by atomic mass is 16.1. The molecule has 6 heteroatoms. The van der Waals surface area contributed by atoms with E-state index in [-0.39, 0.29) is 5.91 Å². The van der Waals surface area contributed by atoms with E-state index in [0.717, 1.165) is 35.4 Å². The summed E-state index contributed by atoms with van der Waals surface area (Å²) in [6.45, 7) is 4.95. The van der Waals surface area contributed by atoms with Crippen molar-refractivity contribution in [3.05, 3.63) is 42.1 Å². The predicted octanol–water partition coefficient (Wildman–Crippen LogP) is 3.17. The Kier molecular flexibility index (Phi) is 4.99. The van der Waals surface area contributed by atoms with Crippen molar-refractivity contribution in [3.63, 3.8) is 0 Å². The molecule has 0 spiro atoms. The normalized spacial score (nSPS) is 18.1. The Morgan fingerprint density at radius 2 is 2.15 bits per heavy atom. The first-order valence-electron chi connectivity index (χ1n) is 9.76. The van der Waals surface area contributed by atoms with E-state index in [0.29, 0.717) is 18.3 Å². The van der Waals surface area contributed by atoms with E-state index in [1.54, 1.807) is 4.68 Å². The molecular formula is C21H27N5O. The van der Waals surface area contributed by atoms with Crippen LogP contribution < -0.4 is 5.32 Å². The van der Waals surface area contributed by atoms with Gasteiger partial charge in [-0.1, -0.05) is 24.6 Å². The highest BCUT2D eigenvalue weighted by Crippen LogP contribution is 2.24. The number of hydrogen-bond acceptors (Lipinski definition) is 3. The van der Waals surface area contributed by atoms with Crippen LogP contribution in [0.5, 0.6) is 0 Å². The summed E-state index contributed by atoms with van der Waals surface area (Å²) in [5, 5.41) is 8.58. The van der Waals surface area contributed by atoms with E-state index in [1.807, 2.05) is 31.3 Å². The number of aromatic nitrogens is 3. The number of aromatic amines is 1. The van der Waals surface area contributed by atoms with Gasteiger partial charge in [-0.25, -0.2) is 0 Å². The van der Waals surface area contributed by atoms with Crippen LogP contribution in [0.15, 0.2) is 36.4 Å². The van der Waals surface area contributed by atoms with E-state index < -0.39 is 0 Å². The number of H-pyrrole nitrogens is 1. The van der Waals surface area contributed by atoms with Gasteiger partial charge in [-0.15, -0.1) is 0 Å². The van der Waals surface area contributed by atoms with Gasteiger partial charge in [0, 0.05) is 37.1 Å². The van der Waals surface area contributed by atoms with Crippen LogP contribution in [0, 0.1) is 0 Å². The Labute approximate surface area is 159 Å². The number of carbonyl (C=O) groups excluding carboxylic acids is 1. The van der Waals surface area contributed by atoms with Crippen LogP contribution in [-0.4, -0.2) is 51.2 Å². The first kappa shape index (κ1) is 17.8. The fraction of sp³-hybridized carbons (Fsp3) is 0.429. The number of hydrogen-bond donors (Lipinski definition) is 2. The average molecular weight is 365 g/mol. The molecule has 0 saturated carbocycles. The largest absolute Gasteiger partial charge is 0.353 e. The lowest BCUT2D eigenvalue weighted by Gasteiger charge is -2.33. The van der Waals surface area contributed by atoms with Crippen LogP contribution >= 0.6 is 0 Å². The van der Waals surface area contributed by atoms with Gasteiger partial charge < -0.3 is 10.3 Å². The number of aryl methyl sites for hydroxylation is 1. The fourth-order valence-corrected chi connectivity index (χ4v) is 3.94. The highest BCUT2D eigenvalue weighted by Gasteiger charge is 2.19. The molecule has 2 N–H and O–H groups in total. The second-order valence-electron chi connectivity index (χ2n) is 7.45. The van der Waals surface area contributed by atoms with Gasteiger partial charge in [0.1, 0.15) is 0 Å². The number of fused-ring (bicyclic) bond motifs is 1. The molecular weight excluding hydrogens is 338 g/mol. The molecule has 1 aliphatic rings. The molecule has 1 amide bonds. The maximum Gasteiger partial charge on any atom is 0.271 e. The summed E-state index contributed by atoms with van der Waals surface area (Å²) in [7, 11) is 1.87. The monoisotopic (exact) mass is 365 g/mol. The van der Waals surface area contributed by atoms with Crippen LogP contribution in [0.25, 0.3) is 22.3 Å². The van der Waals surface area contributed by atoms with Crippen LogP contribution in [0.2, 0.25) is 0 Å². The molecule has 0 radical (unpaired) electrons. The second-order valence-corrected chi connectivity index (χ2v) is 7.45. The standard InChI is InChI=1S/C21H27N5O/c1-15-7-5-6-11-26(15)12-10-22-21(27)19-14-20(25(2)24-19)18-13-16-8-3-4-9-17(16)23-18/h3-4,8-9,13-15,23H,5-7,10-12H2,1-2H3,(H,22,27). The molecule has 4 rings (SSSR count). The van der Waals surface area contributed by atoms with Gasteiger partial charge >= 0.3 is 0 Å². The van der Waals surface area contributed by atoms with Gasteiger partial charge in [0.2, 0.25) is 0 Å². The van der Waals surface area contributed by atoms with Crippen molar-refractivity contribution in [2.75, 3.05) is 19.6 Å². The molecule has 0 aliphatic carbocycles. The average Bonchev–Trinajstić information content (AvgIpc) is 3.26. The summed E-state index contributed by atoms with van der Waals surface area (Å²) >= 11 is 0. The number of benzene rings is 1. The van der Waals surface area contributed by atoms with E-state index in [9.17, 15) is 4.79 Å². The zero-order chi connectivity index (χ0) is 18.8. The lowest BCUT2D eigenvalue weighted by atomic mass is 10.0. The van der Waals surface area contributed by atoms with Gasteiger partial charge in [-0.3, -0.25) is 14.4 Å². The topological polar surface area (TPSA) is 66.0 Å². The number of likely N-dealkylation sites (tertiary alicyclic amines) is 1. The van der Waals surface area contributed by atoms with Crippen molar-refractivity contribution in [2.45, 2.75) is 32.2 Å². The summed E-state index contributed by atoms with van der Waals surface area (Å²) in [6.07, 6.45) is 3.82. The Morgan fingerprint density at radius 1 is 1.30 bits per heavy atom. The zero-order valence-electron chi connectivity index (χ0n) is 16.0. The third-order valence-corrected chi connectivity index (χ3v) is 5.54. The molecule has 1 aliphatic heterocycles. The van der Waals surface area contributed by atoms with Crippen molar-refractivity contribution in [2.24, 2.45) is 7.05 Å². The molecule has 6 nitrogen and oxygen atoms in total. The van der Waals surface area contributed by atoms with E-state index in [4.69, 9.17) is 0 Å². The van der Waals surface area contributed by atoms with Gasteiger partial charge in [-0.2, -0.15) is 5.10 Å². The number of amides is 1. The van der Waals surface area contributed by atoms with Crippen molar-refractivity contribution < 1.29 is 4.79 Å². The lowest BCUT2D eigenvalue weighted by molar-refractivity contribution is 0.0933. The number of rotatable bonds is 5. The fourth-order valence-electron chi connectivity index (χ4n) is 3.94. The Bertz CT molecular complexity index is 908. The minimum absolute atomic E-state index is 0.113. The quantitative estimate of drug-likeness (QED) is 0.730. The maximum absolute atomic E-state index is 12.5. The molecule has 1 fully saturated rings. The second kappa shape index (κ2) is 7.56. The molecule has 27 heavy (non-hydrogen) atoms. The lowest BCUT2D eigenvalue weighted by Crippen LogP contribution is -2.42. The molecule has 0 bridgehead atoms. The summed E-state index contributed by atoms with van der Waals surface area (Å²) < 4.78 is 1.76. The smallest absolute Gasteiger partial charge is 0.271 e. The highest BCUT2D eigenvalue weighted by molar-refractivity contribution is 5.94. The Hall–Kier alpha value is -2.60. The van der Waals surface area contributed by atoms with E-state index in [2.05, 4.69) is 39.4 Å². The number of para-hydroxylation sites is 1. The predicted molar refractivity (Wildman–Crippen MR) is 108 cm³/mol. The molecule has 3 aromatic rings. The third kappa shape index (κ3) is 3.76. The van der Waals surface area contributed by atoms with Gasteiger partial charge in [0.25, 0.3) is 5.91 Å². The summed E-state index contributed by atoms with van der Waals surface area (Å²) in [4.78, 5) is 18.4. The number of nitrogens with zero attached hydrogens (tertiary/aromatic N) is 3. The zero-order valence-corrected chi connectivity index (χ0v) is 16.0. The summed E-state index contributed by atoms with van der Waals surface area (Å²) in [5.74, 6) is -0.113. The van der Waals surface area contributed by atoms with E-state index >= 15 is 0 Å². The maximum atomic E-state index is 12.5. The number of nitrogens with one attached hydrogen (secondary N) is 2.